The Morgan fingerprint density at radius 1 is 1.04 bits per heavy atom. The van der Waals surface area contributed by atoms with Gasteiger partial charge in [-0.15, -0.1) is 11.3 Å². The van der Waals surface area contributed by atoms with E-state index in [1.54, 1.807) is 35.6 Å². The molecule has 2 aromatic rings. The molecule has 0 aliphatic carbocycles. The van der Waals surface area contributed by atoms with Gasteiger partial charge in [0.15, 0.2) is 0 Å². The maximum absolute atomic E-state index is 12.6. The van der Waals surface area contributed by atoms with Crippen LogP contribution in [0.15, 0.2) is 41.8 Å². The van der Waals surface area contributed by atoms with Crippen molar-refractivity contribution in [3.63, 3.8) is 0 Å². The van der Waals surface area contributed by atoms with Gasteiger partial charge in [-0.3, -0.25) is 9.59 Å². The molecule has 0 bridgehead atoms. The fraction of sp³-hybridized carbons (Fsp3) is 0.333. The number of carbonyl (C=O) groups is 2. The Balaban J connectivity index is 2.07. The summed E-state index contributed by atoms with van der Waals surface area (Å²) in [7, 11) is 0. The minimum atomic E-state index is -0.629. The van der Waals surface area contributed by atoms with E-state index in [0.717, 1.165) is 4.88 Å². The maximum atomic E-state index is 12.6. The summed E-state index contributed by atoms with van der Waals surface area (Å²) in [5.74, 6) is -0.600. The average molecular weight is 365 g/mol. The van der Waals surface area contributed by atoms with E-state index in [1.165, 1.54) is 0 Å². The molecule has 0 radical (unpaired) electrons. The van der Waals surface area contributed by atoms with Crippen molar-refractivity contribution >= 4 is 34.8 Å². The Morgan fingerprint density at radius 3 is 2.33 bits per heavy atom. The monoisotopic (exact) mass is 364 g/mol. The molecule has 0 saturated carbocycles. The van der Waals surface area contributed by atoms with Crippen LogP contribution in [-0.2, 0) is 4.79 Å². The second-order valence-corrected chi connectivity index (χ2v) is 7.31. The molecule has 2 rings (SSSR count). The van der Waals surface area contributed by atoms with Crippen LogP contribution in [0, 0.1) is 5.92 Å². The molecule has 0 aliphatic heterocycles. The van der Waals surface area contributed by atoms with Gasteiger partial charge in [-0.25, -0.2) is 0 Å². The molecule has 24 heavy (non-hydrogen) atoms. The smallest absolute Gasteiger partial charge is 0.253 e. The third kappa shape index (κ3) is 4.58. The zero-order valence-electron chi connectivity index (χ0n) is 13.9. The van der Waals surface area contributed by atoms with Gasteiger partial charge in [0.1, 0.15) is 6.04 Å². The largest absolute Gasteiger partial charge is 0.347 e. The van der Waals surface area contributed by atoms with Gasteiger partial charge < -0.3 is 10.6 Å². The molecule has 0 fully saturated rings. The molecule has 0 spiro atoms. The summed E-state index contributed by atoms with van der Waals surface area (Å²) in [6.45, 7) is 5.72. The first-order valence-electron chi connectivity index (χ1n) is 7.79. The summed E-state index contributed by atoms with van der Waals surface area (Å²) in [5.41, 5.74) is 0.365. The maximum Gasteiger partial charge on any atom is 0.253 e. The molecule has 128 valence electrons. The molecular weight excluding hydrogens is 344 g/mol. The SMILES string of the molecule is CC(NC(=O)C(NC(=O)c1ccccc1Cl)C(C)C)c1cccs1. The average Bonchev–Trinajstić information content (AvgIpc) is 3.06. The lowest BCUT2D eigenvalue weighted by Gasteiger charge is -2.24. The lowest BCUT2D eigenvalue weighted by molar-refractivity contribution is -0.124. The molecule has 0 aliphatic rings. The first-order chi connectivity index (χ1) is 11.4. The van der Waals surface area contributed by atoms with Crippen LogP contribution < -0.4 is 10.6 Å². The van der Waals surface area contributed by atoms with Gasteiger partial charge in [-0.2, -0.15) is 0 Å². The van der Waals surface area contributed by atoms with Crippen molar-refractivity contribution in [3.05, 3.63) is 57.2 Å². The number of thiophene rings is 1. The second-order valence-electron chi connectivity index (χ2n) is 5.92. The summed E-state index contributed by atoms with van der Waals surface area (Å²) >= 11 is 7.64. The Labute approximate surface area is 151 Å². The summed E-state index contributed by atoms with van der Waals surface area (Å²) in [6, 6.07) is 9.98. The lowest BCUT2D eigenvalue weighted by Crippen LogP contribution is -2.50. The van der Waals surface area contributed by atoms with E-state index in [-0.39, 0.29) is 23.8 Å². The van der Waals surface area contributed by atoms with E-state index in [2.05, 4.69) is 10.6 Å². The first kappa shape index (κ1) is 18.5. The van der Waals surface area contributed by atoms with Crippen molar-refractivity contribution in [2.75, 3.05) is 0 Å². The zero-order chi connectivity index (χ0) is 17.7. The highest BCUT2D eigenvalue weighted by Crippen LogP contribution is 2.19. The van der Waals surface area contributed by atoms with Crippen molar-refractivity contribution in [3.8, 4) is 0 Å². The van der Waals surface area contributed by atoms with E-state index in [0.29, 0.717) is 10.6 Å². The van der Waals surface area contributed by atoms with Crippen LogP contribution in [0.2, 0.25) is 5.02 Å². The zero-order valence-corrected chi connectivity index (χ0v) is 15.4. The first-order valence-corrected chi connectivity index (χ1v) is 9.05. The van der Waals surface area contributed by atoms with E-state index in [4.69, 9.17) is 11.6 Å². The fourth-order valence-electron chi connectivity index (χ4n) is 2.31. The molecule has 2 unspecified atom stereocenters. The predicted molar refractivity (Wildman–Crippen MR) is 98.4 cm³/mol. The van der Waals surface area contributed by atoms with E-state index in [9.17, 15) is 9.59 Å². The summed E-state index contributed by atoms with van der Waals surface area (Å²) < 4.78 is 0. The third-order valence-corrected chi connectivity index (χ3v) is 5.07. The van der Waals surface area contributed by atoms with Gasteiger partial charge in [0, 0.05) is 4.88 Å². The molecule has 2 atom stereocenters. The van der Waals surface area contributed by atoms with E-state index < -0.39 is 6.04 Å². The fourth-order valence-corrected chi connectivity index (χ4v) is 3.27. The predicted octanol–water partition coefficient (Wildman–Crippen LogP) is 4.03. The van der Waals surface area contributed by atoms with Crippen molar-refractivity contribution in [1.29, 1.82) is 0 Å². The highest BCUT2D eigenvalue weighted by atomic mass is 35.5. The molecule has 1 aromatic heterocycles. The number of hydrogen-bond donors (Lipinski definition) is 2. The van der Waals surface area contributed by atoms with Gasteiger partial charge >= 0.3 is 0 Å². The van der Waals surface area contributed by atoms with Gasteiger partial charge in [-0.1, -0.05) is 43.6 Å². The normalized spacial score (nSPS) is 13.4. The molecule has 0 saturated heterocycles. The van der Waals surface area contributed by atoms with Crippen molar-refractivity contribution in [2.24, 2.45) is 5.92 Å². The molecule has 2 amide bonds. The topological polar surface area (TPSA) is 58.2 Å². The van der Waals surface area contributed by atoms with Crippen molar-refractivity contribution in [2.45, 2.75) is 32.9 Å². The number of benzene rings is 1. The quantitative estimate of drug-likeness (QED) is 0.812. The van der Waals surface area contributed by atoms with Crippen molar-refractivity contribution < 1.29 is 9.59 Å². The second kappa shape index (κ2) is 8.31. The third-order valence-electron chi connectivity index (χ3n) is 3.68. The van der Waals surface area contributed by atoms with Gasteiger partial charge in [0.05, 0.1) is 16.6 Å². The molecule has 6 heteroatoms. The summed E-state index contributed by atoms with van der Waals surface area (Å²) in [5, 5.41) is 8.09. The Morgan fingerprint density at radius 2 is 1.75 bits per heavy atom. The standard InChI is InChI=1S/C18H21ClN2O2S/c1-11(2)16(18(23)20-12(3)15-9-6-10-24-15)21-17(22)13-7-4-5-8-14(13)19/h4-12,16H,1-3H3,(H,20,23)(H,21,22). The number of rotatable bonds is 6. The summed E-state index contributed by atoms with van der Waals surface area (Å²) in [6.07, 6.45) is 0. The highest BCUT2D eigenvalue weighted by molar-refractivity contribution is 7.10. The van der Waals surface area contributed by atoms with Gasteiger partial charge in [-0.05, 0) is 36.4 Å². The number of nitrogens with one attached hydrogen (secondary N) is 2. The molecular formula is C18H21ClN2O2S. The highest BCUT2D eigenvalue weighted by Gasteiger charge is 2.26. The Bertz CT molecular complexity index is 701. The van der Waals surface area contributed by atoms with Gasteiger partial charge in [0.25, 0.3) is 5.91 Å². The van der Waals surface area contributed by atoms with Crippen LogP contribution in [0.25, 0.3) is 0 Å². The van der Waals surface area contributed by atoms with Crippen LogP contribution in [0.5, 0.6) is 0 Å². The number of hydrogen-bond acceptors (Lipinski definition) is 3. The van der Waals surface area contributed by atoms with E-state index >= 15 is 0 Å². The lowest BCUT2D eigenvalue weighted by atomic mass is 10.0. The van der Waals surface area contributed by atoms with Crippen molar-refractivity contribution in [1.82, 2.24) is 10.6 Å². The molecule has 1 heterocycles. The number of carbonyl (C=O) groups excluding carboxylic acids is 2. The minimum Gasteiger partial charge on any atom is -0.347 e. The number of amides is 2. The molecule has 4 nitrogen and oxygen atoms in total. The van der Waals surface area contributed by atoms with Crippen LogP contribution in [0.3, 0.4) is 0 Å². The molecule has 1 aromatic carbocycles. The van der Waals surface area contributed by atoms with Gasteiger partial charge in [0.2, 0.25) is 5.91 Å². The van der Waals surface area contributed by atoms with Crippen LogP contribution in [-0.4, -0.2) is 17.9 Å². The van der Waals surface area contributed by atoms with E-state index in [1.807, 2.05) is 38.3 Å². The molecule has 2 N–H and O–H groups in total. The number of halogens is 1. The van der Waals surface area contributed by atoms with Crippen LogP contribution in [0.1, 0.15) is 42.0 Å². The van der Waals surface area contributed by atoms with Crippen LogP contribution in [0.4, 0.5) is 0 Å². The minimum absolute atomic E-state index is 0.0491. The Kier molecular flexibility index (Phi) is 6.40. The van der Waals surface area contributed by atoms with Crippen LogP contribution >= 0.6 is 22.9 Å². The Hall–Kier alpha value is -1.85. The summed E-state index contributed by atoms with van der Waals surface area (Å²) in [4.78, 5) is 26.1.